The molecule has 1 aromatic carbocycles. The van der Waals surface area contributed by atoms with E-state index in [2.05, 4.69) is 0 Å². The summed E-state index contributed by atoms with van der Waals surface area (Å²) < 4.78 is 0. The summed E-state index contributed by atoms with van der Waals surface area (Å²) in [4.78, 5) is 0. The van der Waals surface area contributed by atoms with Crippen molar-refractivity contribution < 1.29 is 10.3 Å². The highest BCUT2D eigenvalue weighted by atomic mass is 16.5. The predicted octanol–water partition coefficient (Wildman–Crippen LogP) is 1.01. The highest BCUT2D eigenvalue weighted by Crippen LogP contribution is 2.11. The molecule has 0 amide bonds. The van der Waals surface area contributed by atoms with Crippen molar-refractivity contribution in [1.29, 1.82) is 0 Å². The Labute approximate surface area is 71.6 Å². The SMILES string of the molecule is Cc1ccc([C@@H](CO)NO)cc1. The summed E-state index contributed by atoms with van der Waals surface area (Å²) in [6, 6.07) is 7.24. The molecule has 1 aromatic rings. The first kappa shape index (κ1) is 9.19. The van der Waals surface area contributed by atoms with Gasteiger partial charge in [0.25, 0.3) is 0 Å². The van der Waals surface area contributed by atoms with Crippen molar-refractivity contribution in [2.75, 3.05) is 6.61 Å². The normalized spacial score (nSPS) is 12.9. The molecule has 66 valence electrons. The maximum atomic E-state index is 8.83. The van der Waals surface area contributed by atoms with Gasteiger partial charge in [0, 0.05) is 0 Å². The second-order valence-corrected chi connectivity index (χ2v) is 2.77. The van der Waals surface area contributed by atoms with Gasteiger partial charge in [-0.25, -0.2) is 0 Å². The molecule has 0 unspecified atom stereocenters. The van der Waals surface area contributed by atoms with Gasteiger partial charge in [0.2, 0.25) is 0 Å². The smallest absolute Gasteiger partial charge is 0.0800 e. The summed E-state index contributed by atoms with van der Waals surface area (Å²) in [6.45, 7) is 1.88. The van der Waals surface area contributed by atoms with Crippen LogP contribution >= 0.6 is 0 Å². The Balaban J connectivity index is 2.80. The van der Waals surface area contributed by atoms with Crippen LogP contribution in [-0.4, -0.2) is 16.9 Å². The molecule has 0 heterocycles. The van der Waals surface area contributed by atoms with Crippen LogP contribution in [0.25, 0.3) is 0 Å². The molecule has 12 heavy (non-hydrogen) atoms. The van der Waals surface area contributed by atoms with E-state index >= 15 is 0 Å². The van der Waals surface area contributed by atoms with E-state index in [1.807, 2.05) is 36.7 Å². The van der Waals surface area contributed by atoms with Crippen molar-refractivity contribution >= 4 is 0 Å². The highest BCUT2D eigenvalue weighted by Gasteiger charge is 2.06. The molecule has 0 aliphatic carbocycles. The van der Waals surface area contributed by atoms with E-state index in [0.29, 0.717) is 0 Å². The summed E-state index contributed by atoms with van der Waals surface area (Å²) in [5.74, 6) is 0. The number of rotatable bonds is 3. The molecule has 1 rings (SSSR count). The van der Waals surface area contributed by atoms with E-state index < -0.39 is 0 Å². The lowest BCUT2D eigenvalue weighted by Crippen LogP contribution is -2.20. The van der Waals surface area contributed by atoms with E-state index in [1.54, 1.807) is 0 Å². The van der Waals surface area contributed by atoms with Crippen molar-refractivity contribution in [3.8, 4) is 0 Å². The van der Waals surface area contributed by atoms with Crippen molar-refractivity contribution in [3.05, 3.63) is 35.4 Å². The number of hydrogen-bond acceptors (Lipinski definition) is 3. The molecule has 3 N–H and O–H groups in total. The monoisotopic (exact) mass is 167 g/mol. The molecular weight excluding hydrogens is 154 g/mol. The maximum Gasteiger partial charge on any atom is 0.0800 e. The molecule has 1 atom stereocenters. The van der Waals surface area contributed by atoms with Gasteiger partial charge >= 0.3 is 0 Å². The molecule has 0 aromatic heterocycles. The van der Waals surface area contributed by atoms with Crippen LogP contribution in [0.4, 0.5) is 0 Å². The van der Waals surface area contributed by atoms with Crippen LogP contribution in [0.2, 0.25) is 0 Å². The van der Waals surface area contributed by atoms with Gasteiger partial charge in [-0.2, -0.15) is 5.48 Å². The molecule has 0 radical (unpaired) electrons. The number of benzene rings is 1. The zero-order chi connectivity index (χ0) is 8.97. The van der Waals surface area contributed by atoms with Crippen LogP contribution in [0.15, 0.2) is 24.3 Å². The summed E-state index contributed by atoms with van der Waals surface area (Å²) >= 11 is 0. The lowest BCUT2D eigenvalue weighted by atomic mass is 10.1. The van der Waals surface area contributed by atoms with Crippen LogP contribution in [0.1, 0.15) is 17.2 Å². The third-order valence-electron chi connectivity index (χ3n) is 1.82. The van der Waals surface area contributed by atoms with Crippen molar-refractivity contribution in [2.24, 2.45) is 0 Å². The van der Waals surface area contributed by atoms with Crippen molar-refractivity contribution in [1.82, 2.24) is 5.48 Å². The van der Waals surface area contributed by atoms with Gasteiger partial charge in [0.05, 0.1) is 12.6 Å². The van der Waals surface area contributed by atoms with Crippen LogP contribution in [0, 0.1) is 6.92 Å². The third-order valence-corrected chi connectivity index (χ3v) is 1.82. The Morgan fingerprint density at radius 2 is 1.92 bits per heavy atom. The lowest BCUT2D eigenvalue weighted by Gasteiger charge is -2.11. The highest BCUT2D eigenvalue weighted by molar-refractivity contribution is 5.23. The molecule has 0 aliphatic rings. The van der Waals surface area contributed by atoms with Crippen LogP contribution < -0.4 is 5.48 Å². The first-order chi connectivity index (χ1) is 5.77. The zero-order valence-electron chi connectivity index (χ0n) is 6.99. The Morgan fingerprint density at radius 1 is 1.33 bits per heavy atom. The molecule has 0 spiro atoms. The molecule has 0 fully saturated rings. The van der Waals surface area contributed by atoms with E-state index in [9.17, 15) is 0 Å². The fourth-order valence-electron chi connectivity index (χ4n) is 1.02. The van der Waals surface area contributed by atoms with Crippen molar-refractivity contribution in [2.45, 2.75) is 13.0 Å². The average Bonchev–Trinajstić information content (AvgIpc) is 2.10. The molecule has 0 saturated carbocycles. The summed E-state index contributed by atoms with van der Waals surface area (Å²) in [6.07, 6.45) is 0. The van der Waals surface area contributed by atoms with E-state index in [-0.39, 0.29) is 12.6 Å². The first-order valence-corrected chi connectivity index (χ1v) is 3.85. The molecule has 3 heteroatoms. The van der Waals surface area contributed by atoms with Gasteiger partial charge in [-0.1, -0.05) is 29.8 Å². The predicted molar refractivity (Wildman–Crippen MR) is 45.9 cm³/mol. The van der Waals surface area contributed by atoms with Crippen molar-refractivity contribution in [3.63, 3.8) is 0 Å². The Hall–Kier alpha value is -0.900. The fraction of sp³-hybridized carbons (Fsp3) is 0.333. The quantitative estimate of drug-likeness (QED) is 0.589. The van der Waals surface area contributed by atoms with E-state index in [1.165, 1.54) is 0 Å². The second-order valence-electron chi connectivity index (χ2n) is 2.77. The number of hydroxylamine groups is 1. The average molecular weight is 167 g/mol. The number of nitrogens with one attached hydrogen (secondary N) is 1. The minimum Gasteiger partial charge on any atom is -0.394 e. The lowest BCUT2D eigenvalue weighted by molar-refractivity contribution is 0.0906. The van der Waals surface area contributed by atoms with Crippen LogP contribution in [0.3, 0.4) is 0 Å². The van der Waals surface area contributed by atoms with Gasteiger partial charge in [0.15, 0.2) is 0 Å². The van der Waals surface area contributed by atoms with E-state index in [4.69, 9.17) is 10.3 Å². The van der Waals surface area contributed by atoms with Gasteiger partial charge in [-0.05, 0) is 12.5 Å². The van der Waals surface area contributed by atoms with Gasteiger partial charge < -0.3 is 10.3 Å². The largest absolute Gasteiger partial charge is 0.394 e. The number of hydrogen-bond donors (Lipinski definition) is 3. The van der Waals surface area contributed by atoms with Gasteiger partial charge in [-0.15, -0.1) is 0 Å². The molecule has 0 saturated heterocycles. The molecule has 0 aliphatic heterocycles. The topological polar surface area (TPSA) is 52.5 Å². The van der Waals surface area contributed by atoms with Crippen LogP contribution in [0.5, 0.6) is 0 Å². The Kier molecular flexibility index (Phi) is 3.22. The van der Waals surface area contributed by atoms with Gasteiger partial charge in [0.1, 0.15) is 0 Å². The molecular formula is C9H13NO2. The Bertz CT molecular complexity index is 229. The first-order valence-electron chi connectivity index (χ1n) is 3.85. The molecule has 3 nitrogen and oxygen atoms in total. The van der Waals surface area contributed by atoms with E-state index in [0.717, 1.165) is 11.1 Å². The zero-order valence-corrected chi connectivity index (χ0v) is 6.99. The standard InChI is InChI=1S/C9H13NO2/c1-7-2-4-8(5-3-7)9(6-11)10-12/h2-5,9-12H,6H2,1H3/t9-/m1/s1. The summed E-state index contributed by atoms with van der Waals surface area (Å²) in [5.41, 5.74) is 4.08. The molecule has 0 bridgehead atoms. The fourth-order valence-corrected chi connectivity index (χ4v) is 1.02. The maximum absolute atomic E-state index is 8.83. The minimum absolute atomic E-state index is 0.112. The summed E-state index contributed by atoms with van der Waals surface area (Å²) in [5, 5.41) is 17.5. The summed E-state index contributed by atoms with van der Waals surface area (Å²) in [7, 11) is 0. The number of aryl methyl sites for hydroxylation is 1. The second kappa shape index (κ2) is 4.21. The number of aliphatic hydroxyl groups excluding tert-OH is 1. The minimum atomic E-state index is -0.384. The third kappa shape index (κ3) is 2.04. The van der Waals surface area contributed by atoms with Crippen LogP contribution in [-0.2, 0) is 0 Å². The Morgan fingerprint density at radius 3 is 2.33 bits per heavy atom. The van der Waals surface area contributed by atoms with Gasteiger partial charge in [-0.3, -0.25) is 0 Å². The number of aliphatic hydroxyl groups is 1.